The molecule has 0 radical (unpaired) electrons. The zero-order valence-corrected chi connectivity index (χ0v) is 15.9. The Morgan fingerprint density at radius 1 is 1.14 bits per heavy atom. The molecule has 0 saturated carbocycles. The van der Waals surface area contributed by atoms with E-state index < -0.39 is 5.97 Å². The molecular weight excluding hydrogens is 354 g/mol. The summed E-state index contributed by atoms with van der Waals surface area (Å²) >= 11 is 0. The lowest BCUT2D eigenvalue weighted by atomic mass is 10.1. The monoisotopic (exact) mass is 377 g/mol. The molecule has 0 amide bonds. The van der Waals surface area contributed by atoms with Crippen LogP contribution in [0.25, 0.3) is 11.0 Å². The topological polar surface area (TPSA) is 73.3 Å². The van der Waals surface area contributed by atoms with E-state index in [9.17, 15) is 4.79 Å². The standard InChI is InChI=1S/C22H23N3O3/c1-2-15-9-11-16(12-10-15)23-21-20(22(26)28-14-17-6-5-13-27-17)24-18-7-3-4-8-19(18)25-21/h3-4,7-12,17H,2,5-6,13-14H2,1H3,(H,23,25). The summed E-state index contributed by atoms with van der Waals surface area (Å²) in [5.41, 5.74) is 3.63. The second-order valence-electron chi connectivity index (χ2n) is 6.82. The highest BCUT2D eigenvalue weighted by Crippen LogP contribution is 2.23. The molecular formula is C22H23N3O3. The molecule has 0 bridgehead atoms. The molecule has 2 aromatic carbocycles. The summed E-state index contributed by atoms with van der Waals surface area (Å²) in [6, 6.07) is 15.5. The Morgan fingerprint density at radius 2 is 1.89 bits per heavy atom. The third-order valence-electron chi connectivity index (χ3n) is 4.81. The SMILES string of the molecule is CCc1ccc(Nc2nc3ccccc3nc2C(=O)OCC2CCCO2)cc1. The number of aryl methyl sites for hydroxylation is 1. The molecule has 6 nitrogen and oxygen atoms in total. The number of esters is 1. The van der Waals surface area contributed by atoms with Crippen molar-refractivity contribution in [2.24, 2.45) is 0 Å². The predicted molar refractivity (Wildman–Crippen MR) is 108 cm³/mol. The lowest BCUT2D eigenvalue weighted by molar-refractivity contribution is 0.0157. The van der Waals surface area contributed by atoms with E-state index in [-0.39, 0.29) is 18.4 Å². The Labute approximate surface area is 163 Å². The maximum absolute atomic E-state index is 12.7. The van der Waals surface area contributed by atoms with Gasteiger partial charge in [0.2, 0.25) is 0 Å². The van der Waals surface area contributed by atoms with Crippen LogP contribution in [0.1, 0.15) is 35.8 Å². The van der Waals surface area contributed by atoms with Gasteiger partial charge in [-0.15, -0.1) is 0 Å². The number of aromatic nitrogens is 2. The maximum Gasteiger partial charge on any atom is 0.360 e. The van der Waals surface area contributed by atoms with Crippen LogP contribution in [0.15, 0.2) is 48.5 Å². The van der Waals surface area contributed by atoms with Crippen molar-refractivity contribution in [3.05, 3.63) is 59.8 Å². The first-order chi connectivity index (χ1) is 13.7. The van der Waals surface area contributed by atoms with Crippen LogP contribution in [0.4, 0.5) is 11.5 Å². The van der Waals surface area contributed by atoms with Crippen LogP contribution in [0.5, 0.6) is 0 Å². The van der Waals surface area contributed by atoms with Gasteiger partial charge in [-0.3, -0.25) is 0 Å². The molecule has 6 heteroatoms. The highest BCUT2D eigenvalue weighted by Gasteiger charge is 2.22. The van der Waals surface area contributed by atoms with Crippen LogP contribution in [0, 0.1) is 0 Å². The number of fused-ring (bicyclic) bond motifs is 1. The molecule has 144 valence electrons. The first-order valence-corrected chi connectivity index (χ1v) is 9.64. The Morgan fingerprint density at radius 3 is 2.57 bits per heavy atom. The molecule has 0 aliphatic carbocycles. The van der Waals surface area contributed by atoms with E-state index in [0.29, 0.717) is 16.9 Å². The average molecular weight is 377 g/mol. The number of carbonyl (C=O) groups excluding carboxylic acids is 1. The molecule has 1 unspecified atom stereocenters. The van der Waals surface area contributed by atoms with Gasteiger partial charge in [0.1, 0.15) is 6.61 Å². The van der Waals surface area contributed by atoms with Crippen molar-refractivity contribution < 1.29 is 14.3 Å². The van der Waals surface area contributed by atoms with Crippen LogP contribution < -0.4 is 5.32 Å². The van der Waals surface area contributed by atoms with Gasteiger partial charge in [-0.05, 0) is 49.1 Å². The molecule has 2 heterocycles. The van der Waals surface area contributed by atoms with Crippen molar-refractivity contribution in [2.75, 3.05) is 18.5 Å². The minimum atomic E-state index is -0.499. The van der Waals surface area contributed by atoms with Gasteiger partial charge in [0.05, 0.1) is 17.1 Å². The smallest absolute Gasteiger partial charge is 0.360 e. The Balaban J connectivity index is 1.62. The van der Waals surface area contributed by atoms with Crippen LogP contribution in [0.3, 0.4) is 0 Å². The number of hydrogen-bond donors (Lipinski definition) is 1. The van der Waals surface area contributed by atoms with Crippen LogP contribution in [-0.2, 0) is 15.9 Å². The minimum Gasteiger partial charge on any atom is -0.458 e. The van der Waals surface area contributed by atoms with E-state index in [1.54, 1.807) is 0 Å². The maximum atomic E-state index is 12.7. The van der Waals surface area contributed by atoms with Gasteiger partial charge >= 0.3 is 5.97 Å². The van der Waals surface area contributed by atoms with Crippen molar-refractivity contribution >= 4 is 28.5 Å². The molecule has 28 heavy (non-hydrogen) atoms. The summed E-state index contributed by atoms with van der Waals surface area (Å²) in [7, 11) is 0. The van der Waals surface area contributed by atoms with Crippen molar-refractivity contribution in [1.82, 2.24) is 9.97 Å². The summed E-state index contributed by atoms with van der Waals surface area (Å²) in [6.07, 6.45) is 2.84. The number of nitrogens with zero attached hydrogens (tertiary/aromatic N) is 2. The molecule has 1 aliphatic rings. The van der Waals surface area contributed by atoms with Gasteiger partial charge in [0, 0.05) is 12.3 Å². The molecule has 1 aromatic heterocycles. The second kappa shape index (κ2) is 8.35. The summed E-state index contributed by atoms with van der Waals surface area (Å²) in [5.74, 6) is -0.110. The van der Waals surface area contributed by atoms with Gasteiger partial charge in [-0.25, -0.2) is 14.8 Å². The number of para-hydroxylation sites is 2. The zero-order chi connectivity index (χ0) is 19.3. The number of carbonyl (C=O) groups is 1. The highest BCUT2D eigenvalue weighted by atomic mass is 16.6. The fraction of sp³-hybridized carbons (Fsp3) is 0.318. The highest BCUT2D eigenvalue weighted by molar-refractivity contribution is 5.96. The average Bonchev–Trinajstić information content (AvgIpc) is 3.26. The number of benzene rings is 2. The van der Waals surface area contributed by atoms with Gasteiger partial charge in [-0.1, -0.05) is 31.2 Å². The number of anilines is 2. The van der Waals surface area contributed by atoms with Crippen molar-refractivity contribution in [1.29, 1.82) is 0 Å². The quantitative estimate of drug-likeness (QED) is 0.647. The lowest BCUT2D eigenvalue weighted by Crippen LogP contribution is -2.19. The first-order valence-electron chi connectivity index (χ1n) is 9.64. The predicted octanol–water partition coefficient (Wildman–Crippen LogP) is 4.27. The third-order valence-corrected chi connectivity index (χ3v) is 4.81. The van der Waals surface area contributed by atoms with Crippen LogP contribution in [-0.4, -0.2) is 35.3 Å². The van der Waals surface area contributed by atoms with E-state index in [2.05, 4.69) is 22.2 Å². The van der Waals surface area contributed by atoms with E-state index in [1.165, 1.54) is 5.56 Å². The molecule has 3 aromatic rings. The summed E-state index contributed by atoms with van der Waals surface area (Å²) in [4.78, 5) is 21.9. The van der Waals surface area contributed by atoms with Gasteiger partial charge in [0.15, 0.2) is 11.5 Å². The van der Waals surface area contributed by atoms with Crippen molar-refractivity contribution in [3.63, 3.8) is 0 Å². The number of rotatable bonds is 6. The molecule has 4 rings (SSSR count). The van der Waals surface area contributed by atoms with Crippen LogP contribution in [0.2, 0.25) is 0 Å². The van der Waals surface area contributed by atoms with Gasteiger partial charge in [-0.2, -0.15) is 0 Å². The minimum absolute atomic E-state index is 0.0321. The van der Waals surface area contributed by atoms with Crippen molar-refractivity contribution in [2.45, 2.75) is 32.3 Å². The molecule has 1 atom stereocenters. The van der Waals surface area contributed by atoms with Gasteiger partial charge < -0.3 is 14.8 Å². The fourth-order valence-corrected chi connectivity index (χ4v) is 3.20. The van der Waals surface area contributed by atoms with E-state index in [4.69, 9.17) is 9.47 Å². The largest absolute Gasteiger partial charge is 0.458 e. The summed E-state index contributed by atoms with van der Waals surface area (Å²) in [5, 5.41) is 3.22. The van der Waals surface area contributed by atoms with Gasteiger partial charge in [0.25, 0.3) is 0 Å². The fourth-order valence-electron chi connectivity index (χ4n) is 3.20. The van der Waals surface area contributed by atoms with E-state index in [0.717, 1.165) is 31.6 Å². The Hall–Kier alpha value is -2.99. The lowest BCUT2D eigenvalue weighted by Gasteiger charge is -2.13. The molecule has 1 fully saturated rings. The molecule has 1 aliphatic heterocycles. The summed E-state index contributed by atoms with van der Waals surface area (Å²) < 4.78 is 11.0. The third kappa shape index (κ3) is 4.12. The zero-order valence-electron chi connectivity index (χ0n) is 15.9. The van der Waals surface area contributed by atoms with Crippen LogP contribution >= 0.6 is 0 Å². The Bertz CT molecular complexity index is 966. The molecule has 0 spiro atoms. The Kier molecular flexibility index (Phi) is 5.48. The number of hydrogen-bond acceptors (Lipinski definition) is 6. The summed E-state index contributed by atoms with van der Waals surface area (Å²) in [6.45, 7) is 3.07. The molecule has 1 N–H and O–H groups in total. The molecule has 1 saturated heterocycles. The first kappa shape index (κ1) is 18.4. The van der Waals surface area contributed by atoms with E-state index >= 15 is 0 Å². The second-order valence-corrected chi connectivity index (χ2v) is 6.82. The van der Waals surface area contributed by atoms with E-state index in [1.807, 2.05) is 48.5 Å². The normalized spacial score (nSPS) is 16.2. The number of nitrogens with one attached hydrogen (secondary N) is 1. The van der Waals surface area contributed by atoms with Crippen molar-refractivity contribution in [3.8, 4) is 0 Å². The number of ether oxygens (including phenoxy) is 2.